The molecule has 162 valence electrons. The van der Waals surface area contributed by atoms with Gasteiger partial charge in [-0.3, -0.25) is 4.79 Å². The number of hydrogen-bond donors (Lipinski definition) is 1. The topological polar surface area (TPSA) is 69.7 Å². The van der Waals surface area contributed by atoms with Crippen molar-refractivity contribution in [1.29, 1.82) is 0 Å². The highest BCUT2D eigenvalue weighted by atomic mass is 35.5. The summed E-state index contributed by atoms with van der Waals surface area (Å²) in [7, 11) is -3.91. The van der Waals surface area contributed by atoms with E-state index >= 15 is 0 Å². The maximum atomic E-state index is 13.4. The molecule has 1 saturated heterocycles. The molecule has 3 rings (SSSR count). The van der Waals surface area contributed by atoms with Crippen LogP contribution in [0.3, 0.4) is 0 Å². The first-order chi connectivity index (χ1) is 14.2. The molecule has 0 atom stereocenters. The summed E-state index contributed by atoms with van der Waals surface area (Å²) in [6, 6.07) is 7.29. The van der Waals surface area contributed by atoms with E-state index in [0.717, 1.165) is 12.1 Å². The van der Waals surface area contributed by atoms with E-state index in [2.05, 4.69) is 5.32 Å². The summed E-state index contributed by atoms with van der Waals surface area (Å²) in [6.45, 7) is 1.62. The molecule has 11 heteroatoms. The normalized spacial score (nSPS) is 15.9. The third-order valence-corrected chi connectivity index (χ3v) is 7.18. The largest absolute Gasteiger partial charge is 0.325 e. The van der Waals surface area contributed by atoms with Gasteiger partial charge in [0.1, 0.15) is 0 Å². The lowest BCUT2D eigenvalue weighted by Gasteiger charge is -2.33. The predicted octanol–water partition coefficient (Wildman–Crippen LogP) is 3.61. The van der Waals surface area contributed by atoms with E-state index in [1.54, 1.807) is 18.2 Å². The van der Waals surface area contributed by atoms with Crippen molar-refractivity contribution in [3.05, 3.63) is 58.1 Å². The van der Waals surface area contributed by atoms with Crippen LogP contribution < -0.4 is 5.32 Å². The van der Waals surface area contributed by atoms with Gasteiger partial charge in [0.15, 0.2) is 11.6 Å². The second-order valence-electron chi connectivity index (χ2n) is 6.74. The van der Waals surface area contributed by atoms with Crippen LogP contribution in [0.15, 0.2) is 41.3 Å². The summed E-state index contributed by atoms with van der Waals surface area (Å²) in [6.07, 6.45) is 0.193. The molecule has 1 aliphatic heterocycles. The van der Waals surface area contributed by atoms with Gasteiger partial charge in [-0.1, -0.05) is 23.2 Å². The number of sulfonamides is 1. The SMILES string of the molecule is O=C(CCN1CCN(S(=O)(=O)c2ccc(F)c(F)c2)CC1)Nc1cc(Cl)ccc1Cl. The number of halogens is 4. The Morgan fingerprint density at radius 2 is 1.70 bits per heavy atom. The molecular weight excluding hydrogens is 459 g/mol. The van der Waals surface area contributed by atoms with Crippen LogP contribution in [-0.2, 0) is 14.8 Å². The van der Waals surface area contributed by atoms with E-state index in [-0.39, 0.29) is 30.3 Å². The number of benzene rings is 2. The van der Waals surface area contributed by atoms with Gasteiger partial charge in [0, 0.05) is 44.2 Å². The molecule has 1 amide bonds. The smallest absolute Gasteiger partial charge is 0.243 e. The molecule has 0 radical (unpaired) electrons. The monoisotopic (exact) mass is 477 g/mol. The highest BCUT2D eigenvalue weighted by Gasteiger charge is 2.29. The maximum absolute atomic E-state index is 13.4. The zero-order valence-electron chi connectivity index (χ0n) is 15.7. The Hall–Kier alpha value is -1.78. The second-order valence-corrected chi connectivity index (χ2v) is 9.53. The molecule has 0 unspecified atom stereocenters. The van der Waals surface area contributed by atoms with E-state index in [1.165, 1.54) is 4.31 Å². The average Bonchev–Trinajstić information content (AvgIpc) is 2.71. The summed E-state index contributed by atoms with van der Waals surface area (Å²) < 4.78 is 52.9. The Morgan fingerprint density at radius 1 is 1.00 bits per heavy atom. The van der Waals surface area contributed by atoms with Crippen molar-refractivity contribution in [2.45, 2.75) is 11.3 Å². The number of rotatable bonds is 6. The number of piperazine rings is 1. The molecule has 1 fully saturated rings. The molecule has 1 aliphatic rings. The summed E-state index contributed by atoms with van der Waals surface area (Å²) in [5, 5.41) is 3.53. The molecule has 0 aliphatic carbocycles. The minimum absolute atomic E-state index is 0.184. The van der Waals surface area contributed by atoms with Crippen LogP contribution in [0.25, 0.3) is 0 Å². The fraction of sp³-hybridized carbons (Fsp3) is 0.316. The minimum Gasteiger partial charge on any atom is -0.325 e. The van der Waals surface area contributed by atoms with Crippen LogP contribution in [0.2, 0.25) is 10.0 Å². The number of anilines is 1. The molecule has 0 bridgehead atoms. The molecule has 0 aromatic heterocycles. The molecule has 0 saturated carbocycles. The van der Waals surface area contributed by atoms with Crippen molar-refractivity contribution < 1.29 is 22.0 Å². The van der Waals surface area contributed by atoms with Crippen LogP contribution in [0.4, 0.5) is 14.5 Å². The number of amides is 1. The lowest BCUT2D eigenvalue weighted by Crippen LogP contribution is -2.49. The number of hydrogen-bond acceptors (Lipinski definition) is 4. The standard InChI is InChI=1S/C19H19Cl2F2N3O3S/c20-13-1-3-15(21)18(11-13)24-19(27)5-6-25-7-9-26(10-8-25)30(28,29)14-2-4-16(22)17(23)12-14/h1-4,11-12H,5-10H2,(H,24,27). The van der Waals surface area contributed by atoms with Crippen molar-refractivity contribution in [3.63, 3.8) is 0 Å². The third kappa shape index (κ3) is 5.47. The van der Waals surface area contributed by atoms with Crippen molar-refractivity contribution in [3.8, 4) is 0 Å². The lowest BCUT2D eigenvalue weighted by atomic mass is 10.3. The van der Waals surface area contributed by atoms with Gasteiger partial charge in [0.25, 0.3) is 0 Å². The van der Waals surface area contributed by atoms with Crippen LogP contribution in [0.5, 0.6) is 0 Å². The van der Waals surface area contributed by atoms with E-state index < -0.39 is 21.7 Å². The number of nitrogens with zero attached hydrogens (tertiary/aromatic N) is 2. The molecule has 6 nitrogen and oxygen atoms in total. The second kappa shape index (κ2) is 9.57. The van der Waals surface area contributed by atoms with Gasteiger partial charge in [-0.25, -0.2) is 17.2 Å². The van der Waals surface area contributed by atoms with Gasteiger partial charge in [0.05, 0.1) is 15.6 Å². The van der Waals surface area contributed by atoms with Gasteiger partial charge in [-0.05, 0) is 36.4 Å². The third-order valence-electron chi connectivity index (χ3n) is 4.72. The zero-order chi connectivity index (χ0) is 21.9. The van der Waals surface area contributed by atoms with Gasteiger partial charge in [-0.2, -0.15) is 4.31 Å². The van der Waals surface area contributed by atoms with E-state index in [0.29, 0.717) is 41.4 Å². The Kier molecular flexibility index (Phi) is 7.30. The van der Waals surface area contributed by atoms with E-state index in [1.807, 2.05) is 4.90 Å². The first-order valence-electron chi connectivity index (χ1n) is 9.09. The molecule has 1 heterocycles. The van der Waals surface area contributed by atoms with Crippen LogP contribution in [0, 0.1) is 11.6 Å². The zero-order valence-corrected chi connectivity index (χ0v) is 18.1. The predicted molar refractivity (Wildman–Crippen MR) is 111 cm³/mol. The van der Waals surface area contributed by atoms with Gasteiger partial charge >= 0.3 is 0 Å². The number of nitrogens with one attached hydrogen (secondary N) is 1. The Balaban J connectivity index is 1.51. The Bertz CT molecular complexity index is 1050. The van der Waals surface area contributed by atoms with Crippen molar-refractivity contribution in [2.24, 2.45) is 0 Å². The lowest BCUT2D eigenvalue weighted by molar-refractivity contribution is -0.116. The van der Waals surface area contributed by atoms with Gasteiger partial charge in [-0.15, -0.1) is 0 Å². The van der Waals surface area contributed by atoms with Crippen LogP contribution in [-0.4, -0.2) is 56.3 Å². The van der Waals surface area contributed by atoms with Crippen molar-refractivity contribution in [2.75, 3.05) is 38.0 Å². The Morgan fingerprint density at radius 3 is 2.37 bits per heavy atom. The van der Waals surface area contributed by atoms with Gasteiger partial charge < -0.3 is 10.2 Å². The fourth-order valence-electron chi connectivity index (χ4n) is 3.05. The first kappa shape index (κ1) is 22.9. The van der Waals surface area contributed by atoms with E-state index in [4.69, 9.17) is 23.2 Å². The minimum atomic E-state index is -3.91. The molecule has 2 aromatic carbocycles. The Labute approximate surface area is 183 Å². The first-order valence-corrected chi connectivity index (χ1v) is 11.3. The highest BCUT2D eigenvalue weighted by molar-refractivity contribution is 7.89. The molecular formula is C19H19Cl2F2N3O3S. The molecule has 30 heavy (non-hydrogen) atoms. The fourth-order valence-corrected chi connectivity index (χ4v) is 4.82. The summed E-state index contributed by atoms with van der Waals surface area (Å²) in [4.78, 5) is 13.8. The molecule has 2 aromatic rings. The number of carbonyl (C=O) groups is 1. The molecule has 0 spiro atoms. The average molecular weight is 478 g/mol. The van der Waals surface area contributed by atoms with Crippen LogP contribution in [0.1, 0.15) is 6.42 Å². The summed E-state index contributed by atoms with van der Waals surface area (Å²) in [5.41, 5.74) is 0.427. The van der Waals surface area contributed by atoms with Gasteiger partial charge in [0.2, 0.25) is 15.9 Å². The van der Waals surface area contributed by atoms with E-state index in [9.17, 15) is 22.0 Å². The quantitative estimate of drug-likeness (QED) is 0.689. The number of carbonyl (C=O) groups excluding carboxylic acids is 1. The summed E-state index contributed by atoms with van der Waals surface area (Å²) in [5.74, 6) is -2.55. The molecule has 1 N–H and O–H groups in total. The van der Waals surface area contributed by atoms with Crippen molar-refractivity contribution >= 4 is 44.8 Å². The maximum Gasteiger partial charge on any atom is 0.243 e. The van der Waals surface area contributed by atoms with Crippen LogP contribution >= 0.6 is 23.2 Å². The summed E-state index contributed by atoms with van der Waals surface area (Å²) >= 11 is 11.9. The highest BCUT2D eigenvalue weighted by Crippen LogP contribution is 2.25. The van der Waals surface area contributed by atoms with Crippen molar-refractivity contribution in [1.82, 2.24) is 9.21 Å².